The Bertz CT molecular complexity index is 252. The zero-order chi connectivity index (χ0) is 12.0. The molecule has 2 amide bonds. The van der Waals surface area contributed by atoms with Crippen LogP contribution in [0.3, 0.4) is 0 Å². The Morgan fingerprint density at radius 3 is 2.62 bits per heavy atom. The number of hydrogen-bond donors (Lipinski definition) is 2. The maximum absolute atomic E-state index is 11.7. The zero-order valence-corrected chi connectivity index (χ0v) is 9.87. The Balaban J connectivity index is 2.07. The first-order chi connectivity index (χ1) is 7.65. The van der Waals surface area contributed by atoms with Gasteiger partial charge < -0.3 is 16.0 Å². The molecule has 1 fully saturated rings. The van der Waals surface area contributed by atoms with E-state index >= 15 is 0 Å². The van der Waals surface area contributed by atoms with Gasteiger partial charge in [0.15, 0.2) is 0 Å². The smallest absolute Gasteiger partial charge is 0.236 e. The Morgan fingerprint density at radius 2 is 2.12 bits per heavy atom. The van der Waals surface area contributed by atoms with Crippen molar-refractivity contribution in [2.24, 2.45) is 5.73 Å². The lowest BCUT2D eigenvalue weighted by molar-refractivity contribution is -0.130. The van der Waals surface area contributed by atoms with Crippen molar-refractivity contribution in [1.29, 1.82) is 0 Å². The molecule has 3 N–H and O–H groups in total. The first kappa shape index (κ1) is 13.0. The number of amides is 2. The first-order valence-electron chi connectivity index (χ1n) is 5.93. The number of primary amides is 1. The molecule has 1 aliphatic rings. The van der Waals surface area contributed by atoms with Crippen LogP contribution in [0.5, 0.6) is 0 Å². The molecule has 0 radical (unpaired) electrons. The molecule has 0 atom stereocenters. The van der Waals surface area contributed by atoms with E-state index in [0.717, 1.165) is 19.4 Å². The normalized spacial score (nSPS) is 14.8. The summed E-state index contributed by atoms with van der Waals surface area (Å²) in [6, 6.07) is 0.477. The molecule has 0 aromatic heterocycles. The second-order valence-corrected chi connectivity index (χ2v) is 4.16. The van der Waals surface area contributed by atoms with Crippen molar-refractivity contribution in [3.63, 3.8) is 0 Å². The van der Waals surface area contributed by atoms with Crippen molar-refractivity contribution >= 4 is 11.8 Å². The third kappa shape index (κ3) is 4.61. The lowest BCUT2D eigenvalue weighted by Gasteiger charge is -2.20. The van der Waals surface area contributed by atoms with Gasteiger partial charge in [-0.1, -0.05) is 0 Å². The van der Waals surface area contributed by atoms with E-state index in [0.29, 0.717) is 32.0 Å². The molecule has 16 heavy (non-hydrogen) atoms. The number of nitrogens with two attached hydrogens (primary N) is 1. The Labute approximate surface area is 96.4 Å². The number of nitrogens with zero attached hydrogens (tertiary/aromatic N) is 1. The molecule has 5 heteroatoms. The van der Waals surface area contributed by atoms with Gasteiger partial charge in [-0.2, -0.15) is 0 Å². The summed E-state index contributed by atoms with van der Waals surface area (Å²) in [7, 11) is 0. The SMILES string of the molecule is CCN(C(=O)CNCCCC(N)=O)C1CC1. The van der Waals surface area contributed by atoms with Crippen molar-refractivity contribution in [3.05, 3.63) is 0 Å². The van der Waals surface area contributed by atoms with Crippen LogP contribution in [-0.2, 0) is 9.59 Å². The number of carbonyl (C=O) groups excluding carboxylic acids is 2. The summed E-state index contributed by atoms with van der Waals surface area (Å²) in [6.07, 6.45) is 3.35. The second kappa shape index (κ2) is 6.48. The first-order valence-corrected chi connectivity index (χ1v) is 5.93. The van der Waals surface area contributed by atoms with Gasteiger partial charge in [0, 0.05) is 19.0 Å². The lowest BCUT2D eigenvalue weighted by atomic mass is 10.3. The van der Waals surface area contributed by atoms with E-state index in [4.69, 9.17) is 5.73 Å². The average Bonchev–Trinajstić information content (AvgIpc) is 3.02. The fraction of sp³-hybridized carbons (Fsp3) is 0.818. The van der Waals surface area contributed by atoms with Crippen molar-refractivity contribution in [1.82, 2.24) is 10.2 Å². The van der Waals surface area contributed by atoms with Crippen LogP contribution in [0.4, 0.5) is 0 Å². The number of nitrogens with one attached hydrogen (secondary N) is 1. The van der Waals surface area contributed by atoms with Crippen molar-refractivity contribution in [2.45, 2.75) is 38.6 Å². The van der Waals surface area contributed by atoms with E-state index in [1.165, 1.54) is 0 Å². The maximum Gasteiger partial charge on any atom is 0.236 e. The molecule has 0 spiro atoms. The lowest BCUT2D eigenvalue weighted by Crippen LogP contribution is -2.39. The van der Waals surface area contributed by atoms with E-state index in [2.05, 4.69) is 5.32 Å². The topological polar surface area (TPSA) is 75.4 Å². The molecule has 0 aliphatic heterocycles. The summed E-state index contributed by atoms with van der Waals surface area (Å²) in [5, 5.41) is 3.04. The monoisotopic (exact) mass is 227 g/mol. The van der Waals surface area contributed by atoms with Crippen LogP contribution in [0.25, 0.3) is 0 Å². The Kier molecular flexibility index (Phi) is 5.25. The van der Waals surface area contributed by atoms with E-state index in [1.54, 1.807) is 0 Å². The van der Waals surface area contributed by atoms with Gasteiger partial charge >= 0.3 is 0 Å². The minimum Gasteiger partial charge on any atom is -0.370 e. The number of hydrogen-bond acceptors (Lipinski definition) is 3. The minimum atomic E-state index is -0.290. The van der Waals surface area contributed by atoms with Gasteiger partial charge in [-0.05, 0) is 32.7 Å². The molecule has 0 heterocycles. The number of rotatable bonds is 8. The molecule has 0 saturated heterocycles. The van der Waals surface area contributed by atoms with Crippen LogP contribution in [0.15, 0.2) is 0 Å². The van der Waals surface area contributed by atoms with Crippen molar-refractivity contribution < 1.29 is 9.59 Å². The predicted molar refractivity (Wildman–Crippen MR) is 61.7 cm³/mol. The summed E-state index contributed by atoms with van der Waals surface area (Å²) in [5.41, 5.74) is 5.01. The molecule has 0 bridgehead atoms. The summed E-state index contributed by atoms with van der Waals surface area (Å²) < 4.78 is 0. The standard InChI is InChI=1S/C11H21N3O2/c1-2-14(9-5-6-9)11(16)8-13-7-3-4-10(12)15/h9,13H,2-8H2,1H3,(H2,12,15). The van der Waals surface area contributed by atoms with Gasteiger partial charge in [0.25, 0.3) is 0 Å². The molecule has 1 rings (SSSR count). The van der Waals surface area contributed by atoms with Gasteiger partial charge in [-0.25, -0.2) is 0 Å². The van der Waals surface area contributed by atoms with Gasteiger partial charge in [-0.3, -0.25) is 9.59 Å². The highest BCUT2D eigenvalue weighted by molar-refractivity contribution is 5.78. The van der Waals surface area contributed by atoms with Crippen LogP contribution in [0.2, 0.25) is 0 Å². The highest BCUT2D eigenvalue weighted by Crippen LogP contribution is 2.26. The van der Waals surface area contributed by atoms with Gasteiger partial charge in [0.05, 0.1) is 6.54 Å². The van der Waals surface area contributed by atoms with E-state index in [1.807, 2.05) is 11.8 Å². The fourth-order valence-electron chi connectivity index (χ4n) is 1.71. The molecule has 92 valence electrons. The molecule has 0 unspecified atom stereocenters. The van der Waals surface area contributed by atoms with E-state index in [9.17, 15) is 9.59 Å². The summed E-state index contributed by atoms with van der Waals surface area (Å²) in [5.74, 6) is -0.134. The van der Waals surface area contributed by atoms with E-state index < -0.39 is 0 Å². The molecule has 5 nitrogen and oxygen atoms in total. The molecule has 0 aromatic carbocycles. The van der Waals surface area contributed by atoms with Crippen LogP contribution >= 0.6 is 0 Å². The molecule has 0 aromatic rings. The van der Waals surface area contributed by atoms with Crippen molar-refractivity contribution in [2.75, 3.05) is 19.6 Å². The number of likely N-dealkylation sites (N-methyl/N-ethyl adjacent to an activating group) is 1. The minimum absolute atomic E-state index is 0.157. The van der Waals surface area contributed by atoms with Gasteiger partial charge in [0.1, 0.15) is 0 Å². The van der Waals surface area contributed by atoms with Crippen LogP contribution in [0, 0.1) is 0 Å². The van der Waals surface area contributed by atoms with Crippen LogP contribution in [0.1, 0.15) is 32.6 Å². The highest BCUT2D eigenvalue weighted by atomic mass is 16.2. The number of carbonyl (C=O) groups is 2. The molecule has 1 saturated carbocycles. The molecule has 1 aliphatic carbocycles. The van der Waals surface area contributed by atoms with Crippen LogP contribution in [-0.4, -0.2) is 42.4 Å². The van der Waals surface area contributed by atoms with Gasteiger partial charge in [-0.15, -0.1) is 0 Å². The highest BCUT2D eigenvalue weighted by Gasteiger charge is 2.30. The quantitative estimate of drug-likeness (QED) is 0.566. The maximum atomic E-state index is 11.7. The average molecular weight is 227 g/mol. The predicted octanol–water partition coefficient (Wildman–Crippen LogP) is -0.148. The third-order valence-corrected chi connectivity index (χ3v) is 2.70. The Morgan fingerprint density at radius 1 is 1.44 bits per heavy atom. The second-order valence-electron chi connectivity index (χ2n) is 4.16. The largest absolute Gasteiger partial charge is 0.370 e. The van der Waals surface area contributed by atoms with Crippen molar-refractivity contribution in [3.8, 4) is 0 Å². The zero-order valence-electron chi connectivity index (χ0n) is 9.87. The molecular weight excluding hydrogens is 206 g/mol. The molecular formula is C11H21N3O2. The summed E-state index contributed by atoms with van der Waals surface area (Å²) >= 11 is 0. The Hall–Kier alpha value is -1.10. The summed E-state index contributed by atoms with van der Waals surface area (Å²) in [6.45, 7) is 3.82. The van der Waals surface area contributed by atoms with Crippen LogP contribution < -0.4 is 11.1 Å². The van der Waals surface area contributed by atoms with E-state index in [-0.39, 0.29) is 11.8 Å². The summed E-state index contributed by atoms with van der Waals surface area (Å²) in [4.78, 5) is 24.1. The van der Waals surface area contributed by atoms with Gasteiger partial charge in [0.2, 0.25) is 11.8 Å². The fourth-order valence-corrected chi connectivity index (χ4v) is 1.71. The third-order valence-electron chi connectivity index (χ3n) is 2.70.